The van der Waals surface area contributed by atoms with E-state index >= 15 is 0 Å². The number of amides is 3. The van der Waals surface area contributed by atoms with Crippen LogP contribution in [0.2, 0.25) is 0 Å². The van der Waals surface area contributed by atoms with Crippen LogP contribution in [0.3, 0.4) is 0 Å². The van der Waals surface area contributed by atoms with Gasteiger partial charge < -0.3 is 10.6 Å². The zero-order chi connectivity index (χ0) is 20.3. The SMILES string of the molecule is Cc1ccc(Br)nc1NC(=O)C1CC2(CN3C(=O)c4ccccc4C3=O)CC2N1.Cl. The first-order valence-corrected chi connectivity index (χ1v) is 10.3. The number of hydrogen-bond acceptors (Lipinski definition) is 5. The van der Waals surface area contributed by atoms with Gasteiger partial charge in [0, 0.05) is 18.0 Å². The van der Waals surface area contributed by atoms with Crippen LogP contribution in [0.25, 0.3) is 0 Å². The van der Waals surface area contributed by atoms with E-state index in [2.05, 4.69) is 31.5 Å². The molecule has 3 amide bonds. The Labute approximate surface area is 188 Å². The monoisotopic (exact) mass is 490 g/mol. The summed E-state index contributed by atoms with van der Waals surface area (Å²) in [5, 5.41) is 6.23. The molecule has 30 heavy (non-hydrogen) atoms. The molecule has 0 radical (unpaired) electrons. The van der Waals surface area contributed by atoms with Crippen LogP contribution in [-0.2, 0) is 4.79 Å². The Morgan fingerprint density at radius 3 is 2.53 bits per heavy atom. The van der Waals surface area contributed by atoms with E-state index < -0.39 is 0 Å². The highest BCUT2D eigenvalue weighted by atomic mass is 79.9. The van der Waals surface area contributed by atoms with Crippen molar-refractivity contribution in [3.8, 4) is 0 Å². The number of pyridine rings is 1. The third-order valence-corrected chi connectivity index (χ3v) is 6.62. The Kier molecular flexibility index (Phi) is 5.20. The summed E-state index contributed by atoms with van der Waals surface area (Å²) >= 11 is 3.32. The standard InChI is InChI=1S/C21H19BrN4O3.ClH/c1-11-6-7-16(22)24-17(11)25-18(27)14-8-21(9-15(21)23-14)10-26-19(28)12-4-2-3-5-13(12)20(26)29;/h2-7,14-15,23H,8-10H2,1H3,(H,24,25,27);1H. The first kappa shape index (κ1) is 21.0. The largest absolute Gasteiger partial charge is 0.309 e. The number of aromatic nitrogens is 1. The minimum absolute atomic E-state index is 0. The summed E-state index contributed by atoms with van der Waals surface area (Å²) in [5.41, 5.74) is 1.57. The van der Waals surface area contributed by atoms with Crippen LogP contribution in [0, 0.1) is 12.3 Å². The Morgan fingerprint density at radius 2 is 1.87 bits per heavy atom. The van der Waals surface area contributed by atoms with E-state index in [-0.39, 0.29) is 47.6 Å². The van der Waals surface area contributed by atoms with Crippen LogP contribution in [0.5, 0.6) is 0 Å². The molecule has 1 saturated carbocycles. The number of aryl methyl sites for hydroxylation is 1. The Bertz CT molecular complexity index is 1040. The number of imide groups is 1. The van der Waals surface area contributed by atoms with Crippen molar-refractivity contribution in [1.82, 2.24) is 15.2 Å². The maximum Gasteiger partial charge on any atom is 0.261 e. The molecule has 1 aliphatic carbocycles. The first-order valence-electron chi connectivity index (χ1n) is 9.53. The summed E-state index contributed by atoms with van der Waals surface area (Å²) in [6.07, 6.45) is 1.45. The zero-order valence-corrected chi connectivity index (χ0v) is 18.5. The average Bonchev–Trinajstić information content (AvgIpc) is 3.17. The third-order valence-electron chi connectivity index (χ3n) is 6.18. The van der Waals surface area contributed by atoms with Gasteiger partial charge in [-0.25, -0.2) is 4.98 Å². The minimum Gasteiger partial charge on any atom is -0.309 e. The molecule has 1 aromatic heterocycles. The van der Waals surface area contributed by atoms with Crippen molar-refractivity contribution in [1.29, 1.82) is 0 Å². The molecule has 2 aliphatic heterocycles. The van der Waals surface area contributed by atoms with Crippen molar-refractivity contribution in [2.24, 2.45) is 5.41 Å². The lowest BCUT2D eigenvalue weighted by molar-refractivity contribution is -0.118. The average molecular weight is 492 g/mol. The highest BCUT2D eigenvalue weighted by Crippen LogP contribution is 2.55. The summed E-state index contributed by atoms with van der Waals surface area (Å²) in [5.74, 6) is -0.103. The highest BCUT2D eigenvalue weighted by Gasteiger charge is 2.63. The topological polar surface area (TPSA) is 91.4 Å². The smallest absolute Gasteiger partial charge is 0.261 e. The van der Waals surface area contributed by atoms with Gasteiger partial charge in [0.1, 0.15) is 10.4 Å². The number of piperidine rings is 1. The van der Waals surface area contributed by atoms with E-state index in [1.807, 2.05) is 19.1 Å². The van der Waals surface area contributed by atoms with E-state index in [1.54, 1.807) is 24.3 Å². The van der Waals surface area contributed by atoms with Gasteiger partial charge in [-0.1, -0.05) is 18.2 Å². The summed E-state index contributed by atoms with van der Waals surface area (Å²) in [6.45, 7) is 2.23. The van der Waals surface area contributed by atoms with Crippen LogP contribution in [0.15, 0.2) is 41.0 Å². The molecule has 3 heterocycles. The van der Waals surface area contributed by atoms with Gasteiger partial charge in [-0.3, -0.25) is 19.3 Å². The van der Waals surface area contributed by atoms with Crippen LogP contribution in [-0.4, -0.2) is 46.2 Å². The van der Waals surface area contributed by atoms with Crippen LogP contribution in [0.4, 0.5) is 5.82 Å². The molecule has 3 atom stereocenters. The molecule has 2 aromatic rings. The molecule has 2 fully saturated rings. The Hall–Kier alpha value is -2.29. The molecule has 7 nitrogen and oxygen atoms in total. The van der Waals surface area contributed by atoms with Crippen molar-refractivity contribution in [3.05, 3.63) is 57.7 Å². The van der Waals surface area contributed by atoms with Gasteiger partial charge in [0.15, 0.2) is 0 Å². The Balaban J connectivity index is 0.00000218. The fourth-order valence-electron chi connectivity index (χ4n) is 4.46. The molecule has 1 saturated heterocycles. The Morgan fingerprint density at radius 1 is 1.20 bits per heavy atom. The minimum atomic E-state index is -0.371. The second kappa shape index (κ2) is 7.44. The predicted molar refractivity (Wildman–Crippen MR) is 117 cm³/mol. The van der Waals surface area contributed by atoms with Gasteiger partial charge in [-0.15, -0.1) is 12.4 Å². The maximum atomic E-state index is 12.8. The summed E-state index contributed by atoms with van der Waals surface area (Å²) in [6, 6.07) is 10.4. The molecular formula is C21H20BrClN4O3. The molecular weight excluding hydrogens is 472 g/mol. The second-order valence-electron chi connectivity index (χ2n) is 8.07. The number of fused-ring (bicyclic) bond motifs is 2. The molecule has 0 bridgehead atoms. The number of nitrogens with zero attached hydrogens (tertiary/aromatic N) is 2. The van der Waals surface area contributed by atoms with Gasteiger partial charge in [0.2, 0.25) is 5.91 Å². The van der Waals surface area contributed by atoms with Crippen molar-refractivity contribution in [2.45, 2.75) is 31.8 Å². The van der Waals surface area contributed by atoms with E-state index in [0.29, 0.717) is 34.5 Å². The molecule has 9 heteroatoms. The van der Waals surface area contributed by atoms with Gasteiger partial charge >= 0.3 is 0 Å². The normalized spacial score (nSPS) is 26.1. The van der Waals surface area contributed by atoms with Crippen LogP contribution in [0.1, 0.15) is 39.1 Å². The molecule has 5 rings (SSSR count). The predicted octanol–water partition coefficient (Wildman–Crippen LogP) is 2.93. The second-order valence-corrected chi connectivity index (χ2v) is 8.89. The molecule has 1 aromatic carbocycles. The molecule has 2 N–H and O–H groups in total. The summed E-state index contributed by atoms with van der Waals surface area (Å²) in [4.78, 5) is 43.8. The summed E-state index contributed by atoms with van der Waals surface area (Å²) in [7, 11) is 0. The number of halogens is 2. The lowest BCUT2D eigenvalue weighted by atomic mass is 9.98. The molecule has 0 spiro atoms. The van der Waals surface area contributed by atoms with Crippen LogP contribution < -0.4 is 10.6 Å². The number of carbonyl (C=O) groups excluding carboxylic acids is 3. The van der Waals surface area contributed by atoms with Crippen LogP contribution >= 0.6 is 28.3 Å². The number of carbonyl (C=O) groups is 3. The number of anilines is 1. The molecule has 156 valence electrons. The van der Waals surface area contributed by atoms with E-state index in [4.69, 9.17) is 0 Å². The maximum absolute atomic E-state index is 12.8. The first-order chi connectivity index (χ1) is 13.9. The lowest BCUT2D eigenvalue weighted by Gasteiger charge is -2.21. The van der Waals surface area contributed by atoms with Gasteiger partial charge in [-0.05, 0) is 59.5 Å². The van der Waals surface area contributed by atoms with E-state index in [9.17, 15) is 14.4 Å². The fraction of sp³-hybridized carbons (Fsp3) is 0.333. The van der Waals surface area contributed by atoms with Gasteiger partial charge in [0.05, 0.1) is 17.2 Å². The van der Waals surface area contributed by atoms with E-state index in [0.717, 1.165) is 12.0 Å². The quantitative estimate of drug-likeness (QED) is 0.507. The van der Waals surface area contributed by atoms with E-state index in [1.165, 1.54) is 4.90 Å². The number of hydrogen-bond donors (Lipinski definition) is 2. The highest BCUT2D eigenvalue weighted by molar-refractivity contribution is 9.10. The lowest BCUT2D eigenvalue weighted by Crippen LogP contribution is -2.39. The zero-order valence-electron chi connectivity index (χ0n) is 16.1. The van der Waals surface area contributed by atoms with Crippen molar-refractivity contribution < 1.29 is 14.4 Å². The van der Waals surface area contributed by atoms with Crippen molar-refractivity contribution in [2.75, 3.05) is 11.9 Å². The number of benzene rings is 1. The number of rotatable bonds is 4. The number of nitrogens with one attached hydrogen (secondary N) is 2. The van der Waals surface area contributed by atoms with Crippen molar-refractivity contribution >= 4 is 51.9 Å². The third kappa shape index (κ3) is 3.33. The van der Waals surface area contributed by atoms with Gasteiger partial charge in [-0.2, -0.15) is 0 Å². The molecule has 3 unspecified atom stereocenters. The molecule has 3 aliphatic rings. The van der Waals surface area contributed by atoms with Gasteiger partial charge in [0.25, 0.3) is 11.8 Å². The summed E-state index contributed by atoms with van der Waals surface area (Å²) < 4.78 is 0.655. The fourth-order valence-corrected chi connectivity index (χ4v) is 4.77. The van der Waals surface area contributed by atoms with Crippen molar-refractivity contribution in [3.63, 3.8) is 0 Å².